The molecule has 0 aliphatic heterocycles. The van der Waals surface area contributed by atoms with Crippen LogP contribution >= 0.6 is 23.1 Å². The molecule has 0 spiro atoms. The molecule has 0 aliphatic rings. The fourth-order valence-electron chi connectivity index (χ4n) is 3.60. The Hall–Kier alpha value is -3.42. The fraction of sp³-hybridized carbons (Fsp3) is 0.115. The summed E-state index contributed by atoms with van der Waals surface area (Å²) in [5, 5.41) is 1.61. The zero-order valence-corrected chi connectivity index (χ0v) is 19.7. The number of methoxy groups -OCH3 is 1. The van der Waals surface area contributed by atoms with Gasteiger partial charge in [-0.3, -0.25) is 9.36 Å². The lowest BCUT2D eigenvalue weighted by Gasteiger charge is -2.13. The molecule has 0 atom stereocenters. The normalized spacial score (nSPS) is 11.2. The summed E-state index contributed by atoms with van der Waals surface area (Å²) < 4.78 is 7.67. The molecule has 0 aliphatic carbocycles. The number of rotatable bonds is 7. The molecule has 0 fully saturated rings. The van der Waals surface area contributed by atoms with Gasteiger partial charge in [0.15, 0.2) is 5.16 Å². The number of pyridine rings is 1. The van der Waals surface area contributed by atoms with Gasteiger partial charge in [0.05, 0.1) is 19.2 Å². The molecule has 0 bridgehead atoms. The molecule has 3 heterocycles. The molecule has 0 radical (unpaired) electrons. The fourth-order valence-corrected chi connectivity index (χ4v) is 5.58. The van der Waals surface area contributed by atoms with Crippen molar-refractivity contribution < 1.29 is 4.74 Å². The van der Waals surface area contributed by atoms with Crippen LogP contribution in [0.25, 0.3) is 26.5 Å². The highest BCUT2D eigenvalue weighted by atomic mass is 32.2. The zero-order chi connectivity index (χ0) is 22.8. The Bertz CT molecular complexity index is 1500. The summed E-state index contributed by atoms with van der Waals surface area (Å²) in [5.74, 6) is 1.49. The summed E-state index contributed by atoms with van der Waals surface area (Å²) >= 11 is 2.97. The average Bonchev–Trinajstić information content (AvgIpc) is 3.24. The molecule has 5 rings (SSSR count). The molecule has 0 N–H and O–H groups in total. The van der Waals surface area contributed by atoms with Gasteiger partial charge in [-0.2, -0.15) is 0 Å². The lowest BCUT2D eigenvalue weighted by atomic mass is 10.1. The molecule has 0 amide bonds. The molecule has 5 nitrogen and oxygen atoms in total. The Balaban J connectivity index is 1.58. The number of fused-ring (bicyclic) bond motifs is 3. The largest absolute Gasteiger partial charge is 0.497 e. The Kier molecular flexibility index (Phi) is 5.98. The first kappa shape index (κ1) is 21.4. The van der Waals surface area contributed by atoms with E-state index in [9.17, 15) is 4.79 Å². The van der Waals surface area contributed by atoms with E-state index in [2.05, 4.69) is 23.7 Å². The monoisotopic (exact) mass is 471 g/mol. The number of benzene rings is 2. The van der Waals surface area contributed by atoms with Gasteiger partial charge in [-0.05, 0) is 41.0 Å². The highest BCUT2D eigenvalue weighted by Gasteiger charge is 2.17. The summed E-state index contributed by atoms with van der Waals surface area (Å²) in [6.07, 6.45) is 3.57. The van der Waals surface area contributed by atoms with E-state index >= 15 is 0 Å². The first-order chi connectivity index (χ1) is 16.2. The molecule has 0 saturated heterocycles. The zero-order valence-electron chi connectivity index (χ0n) is 18.0. The molecule has 0 saturated carbocycles. The Labute approximate surface area is 199 Å². The van der Waals surface area contributed by atoms with Gasteiger partial charge >= 0.3 is 0 Å². The van der Waals surface area contributed by atoms with Gasteiger partial charge in [0.2, 0.25) is 0 Å². The van der Waals surface area contributed by atoms with Gasteiger partial charge in [-0.25, -0.2) is 9.97 Å². The van der Waals surface area contributed by atoms with E-state index in [0.29, 0.717) is 22.2 Å². The maximum Gasteiger partial charge on any atom is 0.272 e. The standard InChI is InChI=1S/C26H21N3O2S2/c1-3-17-6-8-19(9-7-17)16-32-26-28-22-21-5-4-14-27-24(21)33-23(22)25(30)29(26)15-18-10-12-20(31-2)13-11-18/h3-14H,1,15-16H2,2H3. The molecule has 33 heavy (non-hydrogen) atoms. The maximum atomic E-state index is 13.6. The number of hydrogen-bond acceptors (Lipinski definition) is 6. The third-order valence-electron chi connectivity index (χ3n) is 5.40. The smallest absolute Gasteiger partial charge is 0.272 e. The van der Waals surface area contributed by atoms with Crippen molar-refractivity contribution in [2.24, 2.45) is 0 Å². The highest BCUT2D eigenvalue weighted by Crippen LogP contribution is 2.31. The summed E-state index contributed by atoms with van der Waals surface area (Å²) in [6, 6.07) is 19.9. The summed E-state index contributed by atoms with van der Waals surface area (Å²) in [4.78, 5) is 23.8. The molecule has 164 valence electrons. The van der Waals surface area contributed by atoms with Crippen LogP contribution < -0.4 is 10.3 Å². The quantitative estimate of drug-likeness (QED) is 0.215. The predicted molar refractivity (Wildman–Crippen MR) is 137 cm³/mol. The van der Waals surface area contributed by atoms with Crippen molar-refractivity contribution >= 4 is 49.6 Å². The van der Waals surface area contributed by atoms with Crippen LogP contribution in [0, 0.1) is 0 Å². The number of thioether (sulfide) groups is 1. The number of nitrogens with zero attached hydrogens (tertiary/aromatic N) is 3. The number of hydrogen-bond donors (Lipinski definition) is 0. The van der Waals surface area contributed by atoms with Crippen LogP contribution in [0.3, 0.4) is 0 Å². The van der Waals surface area contributed by atoms with Crippen molar-refractivity contribution in [3.63, 3.8) is 0 Å². The van der Waals surface area contributed by atoms with Gasteiger partial charge in [-0.1, -0.05) is 60.8 Å². The van der Waals surface area contributed by atoms with Crippen molar-refractivity contribution in [1.29, 1.82) is 0 Å². The van der Waals surface area contributed by atoms with Crippen molar-refractivity contribution in [1.82, 2.24) is 14.5 Å². The van der Waals surface area contributed by atoms with Crippen LogP contribution in [-0.4, -0.2) is 21.6 Å². The van der Waals surface area contributed by atoms with E-state index < -0.39 is 0 Å². The minimum absolute atomic E-state index is 0.0386. The lowest BCUT2D eigenvalue weighted by Crippen LogP contribution is -2.23. The molecule has 0 unspecified atom stereocenters. The second-order valence-corrected chi connectivity index (χ2v) is 9.45. The van der Waals surface area contributed by atoms with Crippen LogP contribution in [0.4, 0.5) is 0 Å². The van der Waals surface area contributed by atoms with Crippen molar-refractivity contribution in [2.45, 2.75) is 17.5 Å². The Morgan fingerprint density at radius 1 is 1.09 bits per heavy atom. The van der Waals surface area contributed by atoms with Crippen LogP contribution in [0.5, 0.6) is 5.75 Å². The number of thiophene rings is 1. The van der Waals surface area contributed by atoms with Crippen LogP contribution in [-0.2, 0) is 12.3 Å². The second-order valence-electron chi connectivity index (χ2n) is 7.50. The topological polar surface area (TPSA) is 57.0 Å². The van der Waals surface area contributed by atoms with Crippen molar-refractivity contribution in [3.8, 4) is 5.75 Å². The molecule has 7 heteroatoms. The Morgan fingerprint density at radius 3 is 2.58 bits per heavy atom. The SMILES string of the molecule is C=Cc1ccc(CSc2nc3c(sc4ncccc43)c(=O)n2Cc2ccc(OC)cc2)cc1. The minimum Gasteiger partial charge on any atom is -0.497 e. The second kappa shape index (κ2) is 9.21. The summed E-state index contributed by atoms with van der Waals surface area (Å²) in [5.41, 5.74) is 3.94. The van der Waals surface area contributed by atoms with Crippen LogP contribution in [0.2, 0.25) is 0 Å². The predicted octanol–water partition coefficient (Wildman–Crippen LogP) is 6.00. The third kappa shape index (κ3) is 4.29. The van der Waals surface area contributed by atoms with Crippen molar-refractivity contribution in [2.75, 3.05) is 7.11 Å². The van der Waals surface area contributed by atoms with Crippen molar-refractivity contribution in [3.05, 3.63) is 100 Å². The summed E-state index contributed by atoms with van der Waals surface area (Å²) in [7, 11) is 1.64. The van der Waals surface area contributed by atoms with E-state index in [0.717, 1.165) is 38.2 Å². The molecule has 3 aromatic heterocycles. The average molecular weight is 472 g/mol. The van der Waals surface area contributed by atoms with Gasteiger partial charge in [0.25, 0.3) is 5.56 Å². The Morgan fingerprint density at radius 2 is 1.85 bits per heavy atom. The first-order valence-electron chi connectivity index (χ1n) is 10.4. The van der Waals surface area contributed by atoms with Crippen LogP contribution in [0.15, 0.2) is 83.4 Å². The molecular weight excluding hydrogens is 450 g/mol. The van der Waals surface area contributed by atoms with E-state index in [-0.39, 0.29) is 5.56 Å². The first-order valence-corrected chi connectivity index (χ1v) is 12.2. The molecular formula is C26H21N3O2S2. The van der Waals surface area contributed by atoms with Gasteiger partial charge in [-0.15, -0.1) is 11.3 Å². The van der Waals surface area contributed by atoms with E-state index in [1.165, 1.54) is 11.3 Å². The lowest BCUT2D eigenvalue weighted by molar-refractivity contribution is 0.414. The molecule has 5 aromatic rings. The van der Waals surface area contributed by atoms with E-state index in [1.54, 1.807) is 29.6 Å². The highest BCUT2D eigenvalue weighted by molar-refractivity contribution is 7.98. The minimum atomic E-state index is -0.0386. The van der Waals surface area contributed by atoms with Gasteiger partial charge in [0, 0.05) is 17.3 Å². The van der Waals surface area contributed by atoms with Gasteiger partial charge < -0.3 is 4.74 Å². The number of aromatic nitrogens is 3. The maximum absolute atomic E-state index is 13.6. The molecule has 2 aromatic carbocycles. The third-order valence-corrected chi connectivity index (χ3v) is 7.54. The van der Waals surface area contributed by atoms with Gasteiger partial charge in [0.1, 0.15) is 15.3 Å². The van der Waals surface area contributed by atoms with Crippen LogP contribution in [0.1, 0.15) is 16.7 Å². The number of ether oxygens (including phenoxy) is 1. The van der Waals surface area contributed by atoms with E-state index in [4.69, 9.17) is 9.72 Å². The summed E-state index contributed by atoms with van der Waals surface area (Å²) in [6.45, 7) is 4.25. The van der Waals surface area contributed by atoms with E-state index in [1.807, 2.05) is 54.6 Å².